The van der Waals surface area contributed by atoms with Crippen molar-refractivity contribution < 1.29 is 4.74 Å². The number of ether oxygens (including phenoxy) is 1. The van der Waals surface area contributed by atoms with E-state index < -0.39 is 0 Å². The van der Waals surface area contributed by atoms with Crippen LogP contribution in [-0.4, -0.2) is 19.0 Å². The summed E-state index contributed by atoms with van der Waals surface area (Å²) in [4.78, 5) is 4.47. The molecular weight excluding hydrogens is 256 g/mol. The van der Waals surface area contributed by atoms with Crippen molar-refractivity contribution in [2.75, 3.05) is 13.2 Å². The molecule has 0 radical (unpaired) electrons. The molecule has 1 unspecified atom stereocenters. The van der Waals surface area contributed by atoms with Crippen LogP contribution in [0.1, 0.15) is 12.5 Å². The second kappa shape index (κ2) is 3.94. The minimum atomic E-state index is -0.344. The Labute approximate surface area is 97.5 Å². The van der Waals surface area contributed by atoms with Crippen LogP contribution in [-0.2, 0) is 10.3 Å². The third-order valence-electron chi connectivity index (χ3n) is 2.49. The Morgan fingerprint density at radius 3 is 2.67 bits per heavy atom. The van der Waals surface area contributed by atoms with Gasteiger partial charge in [-0.15, -0.1) is 0 Å². The Morgan fingerprint density at radius 2 is 2.07 bits per heavy atom. The van der Waals surface area contributed by atoms with Gasteiger partial charge in [-0.1, -0.05) is 28.1 Å². The van der Waals surface area contributed by atoms with Crippen LogP contribution >= 0.6 is 15.9 Å². The highest BCUT2D eigenvalue weighted by Crippen LogP contribution is 2.28. The molecule has 2 rings (SSSR count). The van der Waals surface area contributed by atoms with Crippen molar-refractivity contribution in [2.45, 2.75) is 12.5 Å². The normalized spacial score (nSPS) is 26.1. The van der Waals surface area contributed by atoms with Gasteiger partial charge in [0.05, 0.1) is 6.61 Å². The zero-order chi connectivity index (χ0) is 10.9. The molecule has 0 amide bonds. The van der Waals surface area contributed by atoms with Crippen LogP contribution in [0.2, 0.25) is 0 Å². The summed E-state index contributed by atoms with van der Waals surface area (Å²) in [7, 11) is 0. The lowest BCUT2D eigenvalue weighted by molar-refractivity contribution is 0.106. The predicted octanol–water partition coefficient (Wildman–Crippen LogP) is 2.05. The second-order valence-corrected chi connectivity index (χ2v) is 4.79. The van der Waals surface area contributed by atoms with E-state index in [1.165, 1.54) is 0 Å². The van der Waals surface area contributed by atoms with Crippen LogP contribution in [0.4, 0.5) is 0 Å². The van der Waals surface area contributed by atoms with E-state index in [1.54, 1.807) is 0 Å². The van der Waals surface area contributed by atoms with Gasteiger partial charge in [0.1, 0.15) is 18.0 Å². The SMILES string of the molecule is CC1(c2ccc(Br)cc2)COCC(N)=N1. The number of hydrogen-bond acceptors (Lipinski definition) is 3. The predicted molar refractivity (Wildman–Crippen MR) is 63.9 cm³/mol. The maximum absolute atomic E-state index is 5.69. The number of aliphatic imine (C=N–C) groups is 1. The molecule has 80 valence electrons. The van der Waals surface area contributed by atoms with Crippen molar-refractivity contribution in [3.8, 4) is 0 Å². The zero-order valence-electron chi connectivity index (χ0n) is 8.53. The molecule has 0 aliphatic carbocycles. The monoisotopic (exact) mass is 268 g/mol. The number of benzene rings is 1. The van der Waals surface area contributed by atoms with E-state index in [1.807, 2.05) is 31.2 Å². The fourth-order valence-corrected chi connectivity index (χ4v) is 1.96. The topological polar surface area (TPSA) is 47.6 Å². The maximum atomic E-state index is 5.69. The molecule has 4 heteroatoms. The summed E-state index contributed by atoms with van der Waals surface area (Å²) in [6.07, 6.45) is 0. The van der Waals surface area contributed by atoms with Gasteiger partial charge < -0.3 is 10.5 Å². The van der Waals surface area contributed by atoms with E-state index in [0.717, 1.165) is 10.0 Å². The van der Waals surface area contributed by atoms with Crippen molar-refractivity contribution in [3.05, 3.63) is 34.3 Å². The quantitative estimate of drug-likeness (QED) is 0.848. The Balaban J connectivity index is 2.36. The van der Waals surface area contributed by atoms with Crippen LogP contribution in [0.5, 0.6) is 0 Å². The molecule has 1 aromatic carbocycles. The van der Waals surface area contributed by atoms with Gasteiger partial charge in [0, 0.05) is 4.47 Å². The van der Waals surface area contributed by atoms with Crippen molar-refractivity contribution in [2.24, 2.45) is 10.7 Å². The molecule has 0 saturated heterocycles. The number of nitrogens with two attached hydrogens (primary N) is 1. The van der Waals surface area contributed by atoms with E-state index in [-0.39, 0.29) is 5.54 Å². The summed E-state index contributed by atoms with van der Waals surface area (Å²) in [5, 5.41) is 0. The lowest BCUT2D eigenvalue weighted by Gasteiger charge is -2.30. The van der Waals surface area contributed by atoms with E-state index >= 15 is 0 Å². The molecule has 1 atom stereocenters. The van der Waals surface area contributed by atoms with Gasteiger partial charge in [0.2, 0.25) is 0 Å². The zero-order valence-corrected chi connectivity index (χ0v) is 10.1. The molecule has 1 heterocycles. The van der Waals surface area contributed by atoms with Crippen molar-refractivity contribution >= 4 is 21.8 Å². The van der Waals surface area contributed by atoms with Crippen LogP contribution in [0.3, 0.4) is 0 Å². The van der Waals surface area contributed by atoms with Crippen LogP contribution in [0.25, 0.3) is 0 Å². The van der Waals surface area contributed by atoms with Gasteiger partial charge >= 0.3 is 0 Å². The maximum Gasteiger partial charge on any atom is 0.121 e. The molecule has 0 spiro atoms. The average molecular weight is 269 g/mol. The van der Waals surface area contributed by atoms with Crippen LogP contribution in [0, 0.1) is 0 Å². The first-order valence-corrected chi connectivity index (χ1v) is 5.57. The van der Waals surface area contributed by atoms with Crippen molar-refractivity contribution in [1.29, 1.82) is 0 Å². The molecule has 0 aromatic heterocycles. The van der Waals surface area contributed by atoms with Gasteiger partial charge in [-0.05, 0) is 24.6 Å². The fourth-order valence-electron chi connectivity index (χ4n) is 1.69. The lowest BCUT2D eigenvalue weighted by Crippen LogP contribution is -2.37. The number of halogens is 1. The molecule has 0 bridgehead atoms. The molecule has 0 saturated carbocycles. The standard InChI is InChI=1S/C11H13BrN2O/c1-11(7-15-6-10(13)14-11)8-2-4-9(12)5-3-8/h2-5H,6-7H2,1H3,(H2,13,14). The Morgan fingerprint density at radius 1 is 1.40 bits per heavy atom. The van der Waals surface area contributed by atoms with E-state index in [2.05, 4.69) is 20.9 Å². The highest BCUT2D eigenvalue weighted by molar-refractivity contribution is 9.10. The van der Waals surface area contributed by atoms with Gasteiger partial charge in [-0.3, -0.25) is 4.99 Å². The molecule has 15 heavy (non-hydrogen) atoms. The Hall–Kier alpha value is -0.870. The first-order chi connectivity index (χ1) is 7.10. The lowest BCUT2D eigenvalue weighted by atomic mass is 9.93. The van der Waals surface area contributed by atoms with Gasteiger partial charge in [0.25, 0.3) is 0 Å². The first-order valence-electron chi connectivity index (χ1n) is 4.78. The molecule has 3 nitrogen and oxygen atoms in total. The first kappa shape index (κ1) is 10.6. The number of hydrogen-bond donors (Lipinski definition) is 1. The summed E-state index contributed by atoms with van der Waals surface area (Å²) in [5.41, 5.74) is 6.47. The van der Waals surface area contributed by atoms with Gasteiger partial charge in [-0.2, -0.15) is 0 Å². The van der Waals surface area contributed by atoms with E-state index in [4.69, 9.17) is 10.5 Å². The largest absolute Gasteiger partial charge is 0.386 e. The average Bonchev–Trinajstić information content (AvgIpc) is 2.18. The Kier molecular flexibility index (Phi) is 2.80. The van der Waals surface area contributed by atoms with Gasteiger partial charge in [0.15, 0.2) is 0 Å². The summed E-state index contributed by atoms with van der Waals surface area (Å²) < 4.78 is 6.47. The van der Waals surface area contributed by atoms with Crippen LogP contribution in [0.15, 0.2) is 33.7 Å². The smallest absolute Gasteiger partial charge is 0.121 e. The van der Waals surface area contributed by atoms with Gasteiger partial charge in [-0.25, -0.2) is 0 Å². The Bertz CT molecular complexity index is 388. The van der Waals surface area contributed by atoms with Crippen molar-refractivity contribution in [3.63, 3.8) is 0 Å². The van der Waals surface area contributed by atoms with Crippen LogP contribution < -0.4 is 5.73 Å². The van der Waals surface area contributed by atoms with E-state index in [0.29, 0.717) is 19.0 Å². The minimum Gasteiger partial charge on any atom is -0.386 e. The number of rotatable bonds is 1. The molecule has 2 N–H and O–H groups in total. The molecule has 1 aliphatic rings. The highest BCUT2D eigenvalue weighted by atomic mass is 79.9. The number of nitrogens with zero attached hydrogens (tertiary/aromatic N) is 1. The molecule has 1 aromatic rings. The third kappa shape index (κ3) is 2.21. The molecular formula is C11H13BrN2O. The molecule has 1 aliphatic heterocycles. The third-order valence-corrected chi connectivity index (χ3v) is 3.02. The van der Waals surface area contributed by atoms with Crippen molar-refractivity contribution in [1.82, 2.24) is 0 Å². The van der Waals surface area contributed by atoms with E-state index in [9.17, 15) is 0 Å². The number of amidine groups is 1. The second-order valence-electron chi connectivity index (χ2n) is 3.88. The highest BCUT2D eigenvalue weighted by Gasteiger charge is 2.29. The summed E-state index contributed by atoms with van der Waals surface area (Å²) in [6, 6.07) is 8.08. The molecule has 0 fully saturated rings. The summed E-state index contributed by atoms with van der Waals surface area (Å²) >= 11 is 3.41. The minimum absolute atomic E-state index is 0.344. The summed E-state index contributed by atoms with van der Waals surface area (Å²) in [6.45, 7) is 3.05. The summed E-state index contributed by atoms with van der Waals surface area (Å²) in [5.74, 6) is 0.562. The fraction of sp³-hybridized carbons (Fsp3) is 0.364.